The summed E-state index contributed by atoms with van der Waals surface area (Å²) in [7, 11) is 1.91. The number of hydrazine groups is 1. The minimum Gasteiger partial charge on any atom is -0.276 e. The number of nitrogens with two attached hydrogens (primary N) is 1. The maximum absolute atomic E-state index is 5.68. The van der Waals surface area contributed by atoms with Crippen molar-refractivity contribution in [2.75, 3.05) is 0 Å². The number of aryl methyl sites for hydroxylation is 1. The number of nitrogens with one attached hydrogen (secondary N) is 1. The largest absolute Gasteiger partial charge is 0.276 e. The van der Waals surface area contributed by atoms with Crippen LogP contribution in [0.4, 0.5) is 0 Å². The fourth-order valence-corrected chi connectivity index (χ4v) is 2.31. The molecule has 1 atom stereocenters. The van der Waals surface area contributed by atoms with E-state index in [-0.39, 0.29) is 6.04 Å². The van der Waals surface area contributed by atoms with Gasteiger partial charge >= 0.3 is 0 Å². The van der Waals surface area contributed by atoms with Gasteiger partial charge in [0.2, 0.25) is 0 Å². The van der Waals surface area contributed by atoms with Crippen LogP contribution in [-0.2, 0) is 13.5 Å². The summed E-state index contributed by atoms with van der Waals surface area (Å²) in [4.78, 5) is 4.67. The predicted octanol–water partition coefficient (Wildman–Crippen LogP) is 1.72. The minimum atomic E-state index is -0.0468. The third-order valence-corrected chi connectivity index (χ3v) is 3.36. The Kier molecular flexibility index (Phi) is 3.45. The zero-order valence-electron chi connectivity index (χ0n) is 11.3. The fourth-order valence-electron chi connectivity index (χ4n) is 2.31. The van der Waals surface area contributed by atoms with E-state index in [1.165, 1.54) is 0 Å². The van der Waals surface area contributed by atoms with E-state index < -0.39 is 0 Å². The normalized spacial score (nSPS) is 12.7. The van der Waals surface area contributed by atoms with Gasteiger partial charge in [0.25, 0.3) is 0 Å². The Hall–Kier alpha value is -2.24. The van der Waals surface area contributed by atoms with Gasteiger partial charge in [-0.2, -0.15) is 5.10 Å². The number of para-hydroxylation sites is 1. The molecule has 5 nitrogen and oxygen atoms in total. The quantitative estimate of drug-likeness (QED) is 0.558. The van der Waals surface area contributed by atoms with Crippen LogP contribution in [-0.4, -0.2) is 14.8 Å². The Morgan fingerprint density at radius 1 is 1.20 bits per heavy atom. The van der Waals surface area contributed by atoms with Gasteiger partial charge in [0.1, 0.15) is 0 Å². The number of fused-ring (bicyclic) bond motifs is 1. The molecule has 5 heteroatoms. The smallest absolute Gasteiger partial charge is 0.0706 e. The first-order chi connectivity index (χ1) is 9.76. The van der Waals surface area contributed by atoms with Gasteiger partial charge in [-0.1, -0.05) is 24.3 Å². The Morgan fingerprint density at radius 3 is 2.80 bits per heavy atom. The van der Waals surface area contributed by atoms with Gasteiger partial charge in [0, 0.05) is 25.1 Å². The van der Waals surface area contributed by atoms with Gasteiger partial charge < -0.3 is 0 Å². The molecule has 0 radical (unpaired) electrons. The average Bonchev–Trinajstić information content (AvgIpc) is 2.89. The average molecular weight is 267 g/mol. The molecule has 0 saturated heterocycles. The highest BCUT2D eigenvalue weighted by molar-refractivity contribution is 5.78. The molecule has 1 aromatic carbocycles. The molecule has 0 amide bonds. The van der Waals surface area contributed by atoms with E-state index in [1.54, 1.807) is 4.68 Å². The molecular weight excluding hydrogens is 250 g/mol. The van der Waals surface area contributed by atoms with E-state index in [0.717, 1.165) is 22.3 Å². The lowest BCUT2D eigenvalue weighted by Gasteiger charge is -2.14. The Bertz CT molecular complexity index is 719. The number of hydrogen-bond donors (Lipinski definition) is 2. The molecule has 0 bridgehead atoms. The first-order valence-corrected chi connectivity index (χ1v) is 6.56. The molecule has 0 spiro atoms. The lowest BCUT2D eigenvalue weighted by atomic mass is 10.1. The molecule has 2 heterocycles. The fraction of sp³-hybridized carbons (Fsp3) is 0.200. The van der Waals surface area contributed by atoms with Crippen LogP contribution in [0.15, 0.2) is 48.7 Å². The van der Waals surface area contributed by atoms with Crippen LogP contribution >= 0.6 is 0 Å². The third-order valence-electron chi connectivity index (χ3n) is 3.36. The van der Waals surface area contributed by atoms with Crippen molar-refractivity contribution in [3.63, 3.8) is 0 Å². The first-order valence-electron chi connectivity index (χ1n) is 6.56. The van der Waals surface area contributed by atoms with Gasteiger partial charge in [-0.05, 0) is 18.2 Å². The van der Waals surface area contributed by atoms with Gasteiger partial charge in [-0.3, -0.25) is 20.9 Å². The second-order valence-electron chi connectivity index (χ2n) is 4.83. The summed E-state index contributed by atoms with van der Waals surface area (Å²) in [6.45, 7) is 0. The Balaban J connectivity index is 1.90. The summed E-state index contributed by atoms with van der Waals surface area (Å²) >= 11 is 0. The highest BCUT2D eigenvalue weighted by atomic mass is 15.3. The number of aromatic nitrogens is 3. The number of pyridine rings is 1. The maximum atomic E-state index is 5.68. The molecule has 0 saturated carbocycles. The van der Waals surface area contributed by atoms with Crippen molar-refractivity contribution < 1.29 is 0 Å². The van der Waals surface area contributed by atoms with E-state index in [4.69, 9.17) is 5.84 Å². The van der Waals surface area contributed by atoms with Crippen LogP contribution in [0.5, 0.6) is 0 Å². The zero-order chi connectivity index (χ0) is 13.9. The molecule has 0 fully saturated rings. The Morgan fingerprint density at radius 2 is 2.05 bits per heavy atom. The number of hydrogen-bond acceptors (Lipinski definition) is 4. The second-order valence-corrected chi connectivity index (χ2v) is 4.83. The highest BCUT2D eigenvalue weighted by Gasteiger charge is 2.14. The van der Waals surface area contributed by atoms with Gasteiger partial charge in [0.15, 0.2) is 0 Å². The van der Waals surface area contributed by atoms with Crippen LogP contribution in [0, 0.1) is 0 Å². The van der Waals surface area contributed by atoms with Crippen molar-refractivity contribution in [2.24, 2.45) is 12.9 Å². The summed E-state index contributed by atoms with van der Waals surface area (Å²) < 4.78 is 1.79. The Labute approximate surface area is 117 Å². The summed E-state index contributed by atoms with van der Waals surface area (Å²) in [5.41, 5.74) is 5.73. The lowest BCUT2D eigenvalue weighted by molar-refractivity contribution is 0.530. The third kappa shape index (κ3) is 2.54. The number of benzene rings is 1. The minimum absolute atomic E-state index is 0.0468. The molecule has 0 aliphatic rings. The molecule has 3 N–H and O–H groups in total. The van der Waals surface area contributed by atoms with Crippen molar-refractivity contribution in [2.45, 2.75) is 12.5 Å². The molecule has 20 heavy (non-hydrogen) atoms. The molecule has 0 aliphatic carbocycles. The lowest BCUT2D eigenvalue weighted by Crippen LogP contribution is -2.30. The second kappa shape index (κ2) is 5.40. The van der Waals surface area contributed by atoms with Gasteiger partial charge in [0.05, 0.1) is 22.9 Å². The monoisotopic (exact) mass is 267 g/mol. The summed E-state index contributed by atoms with van der Waals surface area (Å²) in [6.07, 6.45) is 2.64. The topological polar surface area (TPSA) is 68.8 Å². The van der Waals surface area contributed by atoms with E-state index in [9.17, 15) is 0 Å². The SMILES string of the molecule is Cn1ccc(CC(NN)c2ccc3ccccc3n2)n1. The number of rotatable bonds is 4. The van der Waals surface area contributed by atoms with E-state index in [1.807, 2.05) is 43.6 Å². The number of nitrogens with zero attached hydrogens (tertiary/aromatic N) is 3. The summed E-state index contributed by atoms with van der Waals surface area (Å²) in [6, 6.07) is 14.1. The van der Waals surface area contributed by atoms with E-state index in [0.29, 0.717) is 6.42 Å². The van der Waals surface area contributed by atoms with Crippen LogP contribution in [0.3, 0.4) is 0 Å². The summed E-state index contributed by atoms with van der Waals surface area (Å²) in [5.74, 6) is 5.68. The molecule has 3 aromatic rings. The van der Waals surface area contributed by atoms with Crippen molar-refractivity contribution in [1.29, 1.82) is 0 Å². The van der Waals surface area contributed by atoms with Crippen molar-refractivity contribution >= 4 is 10.9 Å². The van der Waals surface area contributed by atoms with Crippen LogP contribution in [0.25, 0.3) is 10.9 Å². The van der Waals surface area contributed by atoms with Crippen molar-refractivity contribution in [3.8, 4) is 0 Å². The molecule has 2 aromatic heterocycles. The first kappa shape index (κ1) is 12.8. The maximum Gasteiger partial charge on any atom is 0.0706 e. The van der Waals surface area contributed by atoms with Crippen molar-refractivity contribution in [1.82, 2.24) is 20.2 Å². The molecule has 102 valence electrons. The predicted molar refractivity (Wildman–Crippen MR) is 78.7 cm³/mol. The van der Waals surface area contributed by atoms with Crippen molar-refractivity contribution in [3.05, 3.63) is 60.0 Å². The van der Waals surface area contributed by atoms with E-state index >= 15 is 0 Å². The molecule has 3 rings (SSSR count). The molecule has 0 aliphatic heterocycles. The van der Waals surface area contributed by atoms with Gasteiger partial charge in [-0.15, -0.1) is 0 Å². The van der Waals surface area contributed by atoms with Crippen LogP contribution < -0.4 is 11.3 Å². The van der Waals surface area contributed by atoms with Crippen LogP contribution in [0.1, 0.15) is 17.4 Å². The highest BCUT2D eigenvalue weighted by Crippen LogP contribution is 2.19. The summed E-state index contributed by atoms with van der Waals surface area (Å²) in [5, 5.41) is 5.51. The standard InChI is InChI=1S/C15H17N5/c1-20-9-8-12(19-20)10-15(18-16)14-7-6-11-4-2-3-5-13(11)17-14/h2-9,15,18H,10,16H2,1H3. The van der Waals surface area contributed by atoms with E-state index in [2.05, 4.69) is 27.6 Å². The molecule has 1 unspecified atom stereocenters. The van der Waals surface area contributed by atoms with Gasteiger partial charge in [-0.25, -0.2) is 0 Å². The van der Waals surface area contributed by atoms with Crippen LogP contribution in [0.2, 0.25) is 0 Å². The zero-order valence-corrected chi connectivity index (χ0v) is 11.3. The molecular formula is C15H17N5.